The summed E-state index contributed by atoms with van der Waals surface area (Å²) in [7, 11) is 3.07. The number of ketones is 1. The average molecular weight is 443 g/mol. The number of carbonyl (C=O) groups excluding carboxylic acids is 1. The van der Waals surface area contributed by atoms with Crippen molar-refractivity contribution in [3.8, 4) is 11.5 Å². The first-order valence-corrected chi connectivity index (χ1v) is 11.0. The highest BCUT2D eigenvalue weighted by atomic mass is 32.2. The Balaban J connectivity index is 1.88. The molecule has 31 heavy (non-hydrogen) atoms. The highest BCUT2D eigenvalue weighted by molar-refractivity contribution is 7.99. The maximum absolute atomic E-state index is 13.1. The van der Waals surface area contributed by atoms with Crippen LogP contribution < -0.4 is 15.0 Å². The number of rotatable bonds is 11. The van der Waals surface area contributed by atoms with Gasteiger partial charge in [-0.1, -0.05) is 23.9 Å². The number of nitrogens with zero attached hydrogens (tertiary/aromatic N) is 2. The van der Waals surface area contributed by atoms with Crippen LogP contribution in [0.5, 0.6) is 11.5 Å². The Morgan fingerprint density at radius 2 is 1.94 bits per heavy atom. The van der Waals surface area contributed by atoms with Gasteiger partial charge in [-0.2, -0.15) is 0 Å². The molecule has 1 aromatic heterocycles. The molecule has 1 heterocycles. The van der Waals surface area contributed by atoms with Crippen molar-refractivity contribution in [1.29, 1.82) is 0 Å². The fourth-order valence-corrected chi connectivity index (χ4v) is 4.07. The molecule has 8 heteroatoms. The quantitative estimate of drug-likeness (QED) is 0.193. The summed E-state index contributed by atoms with van der Waals surface area (Å²) >= 11 is 1.24. The molecule has 0 aliphatic carbocycles. The van der Waals surface area contributed by atoms with Crippen LogP contribution >= 0.6 is 11.8 Å². The number of methoxy groups -OCH3 is 2. The molecule has 164 valence electrons. The molecule has 0 N–H and O–H groups in total. The Labute approximate surface area is 185 Å². The van der Waals surface area contributed by atoms with Crippen molar-refractivity contribution in [3.05, 3.63) is 58.4 Å². The van der Waals surface area contributed by atoms with Gasteiger partial charge in [0.15, 0.2) is 10.9 Å². The number of hydrogen-bond acceptors (Lipinski definition) is 7. The molecule has 0 saturated heterocycles. The lowest BCUT2D eigenvalue weighted by molar-refractivity contribution is 0.101. The Morgan fingerprint density at radius 1 is 1.13 bits per heavy atom. The molecule has 2 aromatic carbocycles. The number of thioether (sulfide) groups is 1. The normalized spacial score (nSPS) is 10.9. The molecule has 0 aliphatic rings. The van der Waals surface area contributed by atoms with E-state index in [-0.39, 0.29) is 17.1 Å². The first-order valence-electron chi connectivity index (χ1n) is 10.0. The number of carbonyl (C=O) groups is 1. The van der Waals surface area contributed by atoms with Gasteiger partial charge in [0.05, 0.1) is 36.4 Å². The van der Waals surface area contributed by atoms with Gasteiger partial charge in [-0.15, -0.1) is 0 Å². The summed E-state index contributed by atoms with van der Waals surface area (Å²) < 4.78 is 17.6. The molecule has 3 rings (SSSR count). The standard InChI is InChI=1S/C23H26N2O5S/c1-4-30-13-7-12-25-22(27)17-8-5-6-9-19(17)24-23(25)31-15-20(26)18-14-16(28-2)10-11-21(18)29-3/h5-6,8-11,14H,4,7,12-13,15H2,1-3H3. The average Bonchev–Trinajstić information content (AvgIpc) is 2.81. The van der Waals surface area contributed by atoms with Crippen LogP contribution in [0.25, 0.3) is 10.9 Å². The minimum absolute atomic E-state index is 0.111. The zero-order valence-electron chi connectivity index (χ0n) is 17.9. The molecular formula is C23H26N2O5S. The van der Waals surface area contributed by atoms with Crippen molar-refractivity contribution in [2.45, 2.75) is 25.0 Å². The molecule has 0 radical (unpaired) electrons. The number of fused-ring (bicyclic) bond motifs is 1. The van der Waals surface area contributed by atoms with E-state index in [2.05, 4.69) is 4.98 Å². The van der Waals surface area contributed by atoms with Crippen LogP contribution in [0.3, 0.4) is 0 Å². The van der Waals surface area contributed by atoms with Crippen LogP contribution in [0.2, 0.25) is 0 Å². The highest BCUT2D eigenvalue weighted by Crippen LogP contribution is 2.27. The monoisotopic (exact) mass is 442 g/mol. The number of Topliss-reactive ketones (excluding diaryl/α,β-unsaturated/α-hetero) is 1. The van der Waals surface area contributed by atoms with E-state index in [0.29, 0.717) is 59.3 Å². The van der Waals surface area contributed by atoms with E-state index in [1.807, 2.05) is 19.1 Å². The Morgan fingerprint density at radius 3 is 2.68 bits per heavy atom. The van der Waals surface area contributed by atoms with Gasteiger partial charge in [-0.3, -0.25) is 14.2 Å². The number of hydrogen-bond donors (Lipinski definition) is 0. The summed E-state index contributed by atoms with van der Waals surface area (Å²) in [6.07, 6.45) is 0.680. The van der Waals surface area contributed by atoms with Gasteiger partial charge in [0, 0.05) is 19.8 Å². The third kappa shape index (κ3) is 5.45. The third-order valence-electron chi connectivity index (χ3n) is 4.74. The van der Waals surface area contributed by atoms with Crippen LogP contribution in [0.15, 0.2) is 52.4 Å². The van der Waals surface area contributed by atoms with Gasteiger partial charge in [-0.05, 0) is 43.7 Å². The van der Waals surface area contributed by atoms with Gasteiger partial charge < -0.3 is 14.2 Å². The number of aromatic nitrogens is 2. The van der Waals surface area contributed by atoms with Crippen molar-refractivity contribution in [3.63, 3.8) is 0 Å². The highest BCUT2D eigenvalue weighted by Gasteiger charge is 2.17. The number of benzene rings is 2. The molecule has 0 saturated carbocycles. The van der Waals surface area contributed by atoms with Crippen LogP contribution in [-0.4, -0.2) is 48.5 Å². The second-order valence-electron chi connectivity index (χ2n) is 6.70. The molecular weight excluding hydrogens is 416 g/mol. The Kier molecular flexibility index (Phi) is 8.08. The molecule has 0 bridgehead atoms. The Hall–Kier alpha value is -2.84. The SMILES string of the molecule is CCOCCCn1c(SCC(=O)c2cc(OC)ccc2OC)nc2ccccc2c1=O. The van der Waals surface area contributed by atoms with Crippen LogP contribution in [-0.2, 0) is 11.3 Å². The summed E-state index contributed by atoms with van der Waals surface area (Å²) in [6.45, 7) is 3.59. The Bertz CT molecular complexity index is 1110. The summed E-state index contributed by atoms with van der Waals surface area (Å²) in [5, 5.41) is 1.07. The van der Waals surface area contributed by atoms with E-state index >= 15 is 0 Å². The first-order chi connectivity index (χ1) is 15.1. The first kappa shape index (κ1) is 22.8. The van der Waals surface area contributed by atoms with E-state index < -0.39 is 0 Å². The second-order valence-corrected chi connectivity index (χ2v) is 7.64. The van der Waals surface area contributed by atoms with Gasteiger partial charge >= 0.3 is 0 Å². The summed E-state index contributed by atoms with van der Waals surface area (Å²) in [6, 6.07) is 12.3. The fraction of sp³-hybridized carbons (Fsp3) is 0.348. The maximum Gasteiger partial charge on any atom is 0.262 e. The third-order valence-corrected chi connectivity index (χ3v) is 5.72. The minimum Gasteiger partial charge on any atom is -0.497 e. The molecule has 0 amide bonds. The topological polar surface area (TPSA) is 79.7 Å². The predicted molar refractivity (Wildman–Crippen MR) is 122 cm³/mol. The number of ether oxygens (including phenoxy) is 3. The lowest BCUT2D eigenvalue weighted by Crippen LogP contribution is -2.24. The molecule has 7 nitrogen and oxygen atoms in total. The predicted octanol–water partition coefficient (Wildman–Crippen LogP) is 3.82. The van der Waals surface area contributed by atoms with Gasteiger partial charge in [0.25, 0.3) is 5.56 Å². The second kappa shape index (κ2) is 11.0. The van der Waals surface area contributed by atoms with E-state index in [1.165, 1.54) is 18.9 Å². The zero-order valence-corrected chi connectivity index (χ0v) is 18.7. The lowest BCUT2D eigenvalue weighted by Gasteiger charge is -2.13. The van der Waals surface area contributed by atoms with Crippen LogP contribution in [0.4, 0.5) is 0 Å². The van der Waals surface area contributed by atoms with Crippen LogP contribution in [0.1, 0.15) is 23.7 Å². The van der Waals surface area contributed by atoms with Crippen molar-refractivity contribution in [2.24, 2.45) is 0 Å². The molecule has 0 spiro atoms. The van der Waals surface area contributed by atoms with E-state index in [0.717, 1.165) is 0 Å². The maximum atomic E-state index is 13.1. The molecule has 0 aliphatic heterocycles. The largest absolute Gasteiger partial charge is 0.497 e. The minimum atomic E-state index is -0.135. The summed E-state index contributed by atoms with van der Waals surface area (Å²) in [5.41, 5.74) is 0.929. The van der Waals surface area contributed by atoms with Gasteiger partial charge in [-0.25, -0.2) is 4.98 Å². The molecule has 0 unspecified atom stereocenters. The van der Waals surface area contributed by atoms with Crippen molar-refractivity contribution in [2.75, 3.05) is 33.2 Å². The van der Waals surface area contributed by atoms with Gasteiger partial charge in [0.2, 0.25) is 0 Å². The van der Waals surface area contributed by atoms with Crippen molar-refractivity contribution >= 4 is 28.4 Å². The van der Waals surface area contributed by atoms with Crippen LogP contribution in [0, 0.1) is 0 Å². The van der Waals surface area contributed by atoms with E-state index in [1.54, 1.807) is 42.0 Å². The molecule has 0 fully saturated rings. The number of para-hydroxylation sites is 1. The van der Waals surface area contributed by atoms with Gasteiger partial charge in [0.1, 0.15) is 11.5 Å². The lowest BCUT2D eigenvalue weighted by atomic mass is 10.1. The summed E-state index contributed by atoms with van der Waals surface area (Å²) in [4.78, 5) is 30.6. The van der Waals surface area contributed by atoms with E-state index in [9.17, 15) is 9.59 Å². The van der Waals surface area contributed by atoms with Crippen molar-refractivity contribution < 1.29 is 19.0 Å². The molecule has 3 aromatic rings. The molecule has 0 atom stereocenters. The van der Waals surface area contributed by atoms with E-state index in [4.69, 9.17) is 14.2 Å². The zero-order chi connectivity index (χ0) is 22.2. The van der Waals surface area contributed by atoms with Crippen molar-refractivity contribution in [1.82, 2.24) is 9.55 Å². The fourth-order valence-electron chi connectivity index (χ4n) is 3.16. The summed E-state index contributed by atoms with van der Waals surface area (Å²) in [5.74, 6) is 1.03. The smallest absolute Gasteiger partial charge is 0.262 e.